The molecule has 3 heterocycles. The molecule has 1 aliphatic carbocycles. The Labute approximate surface area is 205 Å². The summed E-state index contributed by atoms with van der Waals surface area (Å²) in [5, 5.41) is 14.5. The molecule has 5 rings (SSSR count). The van der Waals surface area contributed by atoms with Gasteiger partial charge in [-0.2, -0.15) is 0 Å². The van der Waals surface area contributed by atoms with Gasteiger partial charge >= 0.3 is 5.69 Å². The Bertz CT molecular complexity index is 1330. The summed E-state index contributed by atoms with van der Waals surface area (Å²) in [5.41, 5.74) is 5.15. The zero-order chi connectivity index (χ0) is 24.4. The van der Waals surface area contributed by atoms with Crippen LogP contribution in [0, 0.1) is 11.8 Å². The molecule has 0 amide bonds. The average molecular weight is 472 g/mol. The Morgan fingerprint density at radius 2 is 1.77 bits per heavy atom. The van der Waals surface area contributed by atoms with Gasteiger partial charge in [-0.15, -0.1) is 5.10 Å². The normalized spacial score (nSPS) is 19.2. The molecule has 1 aromatic carbocycles. The molecule has 0 aliphatic heterocycles. The summed E-state index contributed by atoms with van der Waals surface area (Å²) in [7, 11) is 0. The largest absolute Gasteiger partial charge is 0.328 e. The fourth-order valence-corrected chi connectivity index (χ4v) is 5.60. The van der Waals surface area contributed by atoms with Crippen LogP contribution in [0.5, 0.6) is 0 Å². The highest BCUT2D eigenvalue weighted by atomic mass is 16.1. The molecule has 0 saturated heterocycles. The van der Waals surface area contributed by atoms with Gasteiger partial charge in [0.05, 0.1) is 6.54 Å². The molecule has 8 heteroatoms. The van der Waals surface area contributed by atoms with Crippen LogP contribution in [0.1, 0.15) is 63.8 Å². The number of nitrogens with one attached hydrogen (secondary N) is 1. The van der Waals surface area contributed by atoms with E-state index < -0.39 is 0 Å². The summed E-state index contributed by atoms with van der Waals surface area (Å²) in [5.74, 6) is 1.81. The van der Waals surface area contributed by atoms with Gasteiger partial charge in [0.15, 0.2) is 5.82 Å². The molecule has 2 unspecified atom stereocenters. The van der Waals surface area contributed by atoms with Crippen LogP contribution in [0.15, 0.2) is 53.7 Å². The molecule has 1 fully saturated rings. The van der Waals surface area contributed by atoms with Gasteiger partial charge in [-0.25, -0.2) is 9.89 Å². The maximum atomic E-state index is 13.7. The third kappa shape index (κ3) is 4.33. The molecule has 1 N–H and O–H groups in total. The quantitative estimate of drug-likeness (QED) is 0.355. The van der Waals surface area contributed by atoms with Crippen molar-refractivity contribution in [2.24, 2.45) is 11.8 Å². The summed E-state index contributed by atoms with van der Waals surface area (Å²) in [6, 6.07) is 10.4. The summed E-state index contributed by atoms with van der Waals surface area (Å²) in [4.78, 5) is 18.2. The van der Waals surface area contributed by atoms with Crippen molar-refractivity contribution in [3.8, 4) is 22.5 Å². The van der Waals surface area contributed by atoms with Gasteiger partial charge in [0, 0.05) is 35.9 Å². The first-order valence-electron chi connectivity index (χ1n) is 12.7. The molecule has 0 radical (unpaired) electrons. The van der Waals surface area contributed by atoms with E-state index in [0.29, 0.717) is 30.2 Å². The topological polar surface area (TPSA) is 94.3 Å². The van der Waals surface area contributed by atoms with Crippen LogP contribution in [0.2, 0.25) is 0 Å². The lowest BCUT2D eigenvalue weighted by molar-refractivity contribution is 0.589. The number of H-pyrrole nitrogens is 1. The van der Waals surface area contributed by atoms with E-state index in [1.165, 1.54) is 0 Å². The van der Waals surface area contributed by atoms with Crippen LogP contribution < -0.4 is 5.69 Å². The van der Waals surface area contributed by atoms with Crippen molar-refractivity contribution in [3.63, 3.8) is 0 Å². The molecule has 35 heavy (non-hydrogen) atoms. The molecule has 8 nitrogen and oxygen atoms in total. The van der Waals surface area contributed by atoms with Gasteiger partial charge in [0.25, 0.3) is 0 Å². The van der Waals surface area contributed by atoms with Crippen LogP contribution in [-0.4, -0.2) is 34.7 Å². The van der Waals surface area contributed by atoms with E-state index >= 15 is 0 Å². The SMILES string of the molecule is CCCCc1cn(C2C(CC)C2CC)c(=O)n1Cc1cnccc1-c1ccccc1-c1nnn[nH]1. The molecule has 0 bridgehead atoms. The highest BCUT2D eigenvalue weighted by molar-refractivity contribution is 5.81. The standard InChI is InChI=1S/C27H33N7O/c1-4-7-10-19-17-34(25-20(5-2)21(25)6-3)27(35)33(19)16-18-15-28-14-13-22(18)23-11-8-9-12-24(23)26-29-31-32-30-26/h8-9,11-15,17,20-21,25H,4-7,10,16H2,1-3H3,(H,29,30,31,32). The van der Waals surface area contributed by atoms with Crippen molar-refractivity contribution < 1.29 is 0 Å². The summed E-state index contributed by atoms with van der Waals surface area (Å²) in [6.07, 6.45) is 11.1. The number of aryl methyl sites for hydroxylation is 1. The maximum Gasteiger partial charge on any atom is 0.328 e. The minimum atomic E-state index is 0.0954. The maximum absolute atomic E-state index is 13.7. The van der Waals surface area contributed by atoms with E-state index in [9.17, 15) is 4.79 Å². The Hall–Kier alpha value is -3.55. The van der Waals surface area contributed by atoms with Gasteiger partial charge in [0.2, 0.25) is 0 Å². The fourth-order valence-electron chi connectivity index (χ4n) is 5.60. The Morgan fingerprint density at radius 1 is 1.00 bits per heavy atom. The van der Waals surface area contributed by atoms with Crippen molar-refractivity contribution in [3.05, 3.63) is 70.7 Å². The first kappa shape index (κ1) is 23.2. The van der Waals surface area contributed by atoms with Crippen LogP contribution in [-0.2, 0) is 13.0 Å². The summed E-state index contributed by atoms with van der Waals surface area (Å²) in [6.45, 7) is 7.14. The third-order valence-electron chi connectivity index (χ3n) is 7.47. The number of aromatic amines is 1. The second kappa shape index (κ2) is 9.98. The van der Waals surface area contributed by atoms with Gasteiger partial charge in [-0.3, -0.25) is 14.1 Å². The highest BCUT2D eigenvalue weighted by Gasteiger charge is 2.49. The first-order valence-corrected chi connectivity index (χ1v) is 12.7. The second-order valence-electron chi connectivity index (χ2n) is 9.46. The zero-order valence-electron chi connectivity index (χ0n) is 20.7. The predicted octanol–water partition coefficient (Wildman–Crippen LogP) is 4.89. The lowest BCUT2D eigenvalue weighted by Crippen LogP contribution is -2.26. The van der Waals surface area contributed by atoms with E-state index in [-0.39, 0.29) is 5.69 Å². The van der Waals surface area contributed by atoms with Crippen molar-refractivity contribution in [2.75, 3.05) is 0 Å². The number of benzene rings is 1. The monoisotopic (exact) mass is 471 g/mol. The van der Waals surface area contributed by atoms with Crippen LogP contribution in [0.4, 0.5) is 0 Å². The van der Waals surface area contributed by atoms with Crippen LogP contribution >= 0.6 is 0 Å². The van der Waals surface area contributed by atoms with Gasteiger partial charge in [0.1, 0.15) is 0 Å². The number of nitrogens with zero attached hydrogens (tertiary/aromatic N) is 6. The number of hydrogen-bond acceptors (Lipinski definition) is 5. The zero-order valence-corrected chi connectivity index (χ0v) is 20.7. The number of pyridine rings is 1. The number of imidazole rings is 1. The smallest absolute Gasteiger partial charge is 0.295 e. The lowest BCUT2D eigenvalue weighted by Gasteiger charge is -2.14. The molecule has 1 aliphatic rings. The fraction of sp³-hybridized carbons (Fsp3) is 0.444. The Balaban J connectivity index is 1.56. The Kier molecular flexibility index (Phi) is 6.61. The van der Waals surface area contributed by atoms with Crippen molar-refractivity contribution >= 4 is 0 Å². The molecule has 0 spiro atoms. The van der Waals surface area contributed by atoms with Gasteiger partial charge < -0.3 is 0 Å². The van der Waals surface area contributed by atoms with E-state index in [1.54, 1.807) is 6.20 Å². The number of aromatic nitrogens is 7. The lowest BCUT2D eigenvalue weighted by atomic mass is 9.96. The van der Waals surface area contributed by atoms with E-state index in [1.807, 2.05) is 39.6 Å². The van der Waals surface area contributed by atoms with Crippen LogP contribution in [0.25, 0.3) is 22.5 Å². The minimum Gasteiger partial charge on any atom is -0.295 e. The third-order valence-corrected chi connectivity index (χ3v) is 7.47. The second-order valence-corrected chi connectivity index (χ2v) is 9.46. The van der Waals surface area contributed by atoms with Crippen molar-refractivity contribution in [1.29, 1.82) is 0 Å². The first-order chi connectivity index (χ1) is 17.2. The van der Waals surface area contributed by atoms with Crippen molar-refractivity contribution in [1.82, 2.24) is 34.7 Å². The Morgan fingerprint density at radius 3 is 2.46 bits per heavy atom. The predicted molar refractivity (Wildman–Crippen MR) is 136 cm³/mol. The molecule has 4 aromatic rings. The molecule has 1 saturated carbocycles. The van der Waals surface area contributed by atoms with Gasteiger partial charge in [-0.05, 0) is 57.9 Å². The summed E-state index contributed by atoms with van der Waals surface area (Å²) < 4.78 is 3.99. The highest BCUT2D eigenvalue weighted by Crippen LogP contribution is 2.53. The number of hydrogen-bond donors (Lipinski definition) is 1. The van der Waals surface area contributed by atoms with Gasteiger partial charge in [-0.1, -0.05) is 64.3 Å². The van der Waals surface area contributed by atoms with E-state index in [0.717, 1.165) is 60.1 Å². The van der Waals surface area contributed by atoms with Crippen LogP contribution in [0.3, 0.4) is 0 Å². The molecule has 3 aromatic heterocycles. The number of unbranched alkanes of at least 4 members (excludes halogenated alkanes) is 1. The van der Waals surface area contributed by atoms with E-state index in [2.05, 4.69) is 58.6 Å². The molecular formula is C27H33N7O. The average Bonchev–Trinajstić information content (AvgIpc) is 3.18. The number of rotatable bonds is 10. The van der Waals surface area contributed by atoms with Crippen molar-refractivity contribution in [2.45, 2.75) is 65.5 Å². The molecule has 2 atom stereocenters. The minimum absolute atomic E-state index is 0.0954. The summed E-state index contributed by atoms with van der Waals surface area (Å²) >= 11 is 0. The molecule has 182 valence electrons. The number of tetrazole rings is 1. The van der Waals surface area contributed by atoms with E-state index in [4.69, 9.17) is 0 Å². The molecular weight excluding hydrogens is 438 g/mol.